The minimum absolute atomic E-state index is 0.256. The molecule has 2 saturated carbocycles. The molecule has 0 spiro atoms. The monoisotopic (exact) mass is 458 g/mol. The number of hydrogen-bond acceptors (Lipinski definition) is 6. The van der Waals surface area contributed by atoms with Crippen LogP contribution in [-0.2, 0) is 10.0 Å². The van der Waals surface area contributed by atoms with Crippen molar-refractivity contribution in [3.63, 3.8) is 0 Å². The van der Waals surface area contributed by atoms with Crippen molar-refractivity contribution >= 4 is 15.7 Å². The van der Waals surface area contributed by atoms with Crippen LogP contribution in [0.4, 0.5) is 14.5 Å². The summed E-state index contributed by atoms with van der Waals surface area (Å²) >= 11 is 0. The van der Waals surface area contributed by atoms with Gasteiger partial charge in [-0.05, 0) is 37.8 Å². The summed E-state index contributed by atoms with van der Waals surface area (Å²) in [5.74, 6) is -3.16. The molecule has 172 valence electrons. The number of nitrogens with one attached hydrogen (secondary N) is 1. The average Bonchev–Trinajstić information content (AvgIpc) is 2.69. The van der Waals surface area contributed by atoms with Gasteiger partial charge in [-0.3, -0.25) is 19.9 Å². The Kier molecular flexibility index (Phi) is 6.30. The molecule has 1 N–H and O–H groups in total. The highest BCUT2D eigenvalue weighted by Crippen LogP contribution is 2.37. The first kappa shape index (κ1) is 22.5. The van der Waals surface area contributed by atoms with E-state index in [0.29, 0.717) is 32.0 Å². The number of rotatable bonds is 6. The van der Waals surface area contributed by atoms with Gasteiger partial charge in [0.25, 0.3) is 11.6 Å². The summed E-state index contributed by atoms with van der Waals surface area (Å²) in [5.41, 5.74) is -0.260. The largest absolute Gasteiger partial charge is 0.298 e. The van der Waals surface area contributed by atoms with Gasteiger partial charge in [0.2, 0.25) is 10.0 Å². The van der Waals surface area contributed by atoms with Crippen LogP contribution in [0, 0.1) is 10.1 Å². The minimum Gasteiger partial charge on any atom is -0.298 e. The smallest absolute Gasteiger partial charge is 0.269 e. The number of piperazine rings is 1. The molecule has 1 saturated heterocycles. The standard InChI is InChI=1S/C20H28F2N4O4S/c21-20(22)10-2-5-18(25-13-11-24(12-14-25)15-3-1-4-15)19(20)23-31(29,30)17-8-6-16(7-9-17)26(27)28/h6-9,15,18-19,23H,1-5,10-14H2/t18-,19+/m0/s1. The van der Waals surface area contributed by atoms with E-state index in [-0.39, 0.29) is 17.0 Å². The molecule has 31 heavy (non-hydrogen) atoms. The summed E-state index contributed by atoms with van der Waals surface area (Å²) in [6.07, 6.45) is 4.12. The van der Waals surface area contributed by atoms with Crippen LogP contribution in [-0.4, -0.2) is 73.4 Å². The second-order valence-electron chi connectivity index (χ2n) is 8.73. The first-order valence-corrected chi connectivity index (χ1v) is 12.3. The van der Waals surface area contributed by atoms with E-state index in [2.05, 4.69) is 9.62 Å². The Morgan fingerprint density at radius 2 is 1.61 bits per heavy atom. The van der Waals surface area contributed by atoms with Gasteiger partial charge in [0.1, 0.15) is 6.04 Å². The van der Waals surface area contributed by atoms with Crippen molar-refractivity contribution in [2.75, 3.05) is 26.2 Å². The fourth-order valence-electron chi connectivity index (χ4n) is 4.88. The Morgan fingerprint density at radius 3 is 2.16 bits per heavy atom. The number of nitro groups is 1. The highest BCUT2D eigenvalue weighted by atomic mass is 32.2. The topological polar surface area (TPSA) is 95.8 Å². The van der Waals surface area contributed by atoms with Gasteiger partial charge in [-0.2, -0.15) is 0 Å². The van der Waals surface area contributed by atoms with Crippen LogP contribution < -0.4 is 4.72 Å². The van der Waals surface area contributed by atoms with Gasteiger partial charge in [-0.1, -0.05) is 6.42 Å². The number of non-ortho nitro benzene ring substituents is 1. The molecule has 1 aromatic carbocycles. The van der Waals surface area contributed by atoms with Crippen LogP contribution in [0.1, 0.15) is 38.5 Å². The number of benzene rings is 1. The quantitative estimate of drug-likeness (QED) is 0.520. The van der Waals surface area contributed by atoms with Gasteiger partial charge < -0.3 is 0 Å². The lowest BCUT2D eigenvalue weighted by Gasteiger charge is -2.48. The molecule has 4 rings (SSSR count). The van der Waals surface area contributed by atoms with Crippen molar-refractivity contribution in [3.05, 3.63) is 34.4 Å². The third-order valence-electron chi connectivity index (χ3n) is 6.90. The predicted molar refractivity (Wildman–Crippen MR) is 111 cm³/mol. The van der Waals surface area contributed by atoms with Gasteiger partial charge in [-0.15, -0.1) is 0 Å². The Balaban J connectivity index is 1.49. The van der Waals surface area contributed by atoms with E-state index in [1.165, 1.54) is 19.3 Å². The normalized spacial score (nSPS) is 28.2. The predicted octanol–water partition coefficient (Wildman–Crippen LogP) is 2.60. The van der Waals surface area contributed by atoms with E-state index in [0.717, 1.165) is 37.4 Å². The van der Waals surface area contributed by atoms with Crippen molar-refractivity contribution in [2.45, 2.75) is 67.5 Å². The molecule has 1 aromatic rings. The summed E-state index contributed by atoms with van der Waals surface area (Å²) in [6, 6.07) is 2.76. The van der Waals surface area contributed by atoms with Gasteiger partial charge in [0.05, 0.1) is 9.82 Å². The van der Waals surface area contributed by atoms with Crippen molar-refractivity contribution in [2.24, 2.45) is 0 Å². The Labute approximate surface area is 180 Å². The molecule has 0 radical (unpaired) electrons. The van der Waals surface area contributed by atoms with Crippen LogP contribution in [0.2, 0.25) is 0 Å². The maximum atomic E-state index is 14.9. The zero-order valence-corrected chi connectivity index (χ0v) is 18.1. The van der Waals surface area contributed by atoms with Crippen LogP contribution in [0.3, 0.4) is 0 Å². The highest BCUT2D eigenvalue weighted by molar-refractivity contribution is 7.89. The summed E-state index contributed by atoms with van der Waals surface area (Å²) in [7, 11) is -4.25. The van der Waals surface area contributed by atoms with E-state index < -0.39 is 33.0 Å². The summed E-state index contributed by atoms with van der Waals surface area (Å²) in [5, 5.41) is 10.8. The Bertz CT molecular complexity index is 900. The molecule has 1 aliphatic heterocycles. The number of hydrogen-bond donors (Lipinski definition) is 1. The molecule has 1 heterocycles. The van der Waals surface area contributed by atoms with Gasteiger partial charge in [-0.25, -0.2) is 21.9 Å². The van der Waals surface area contributed by atoms with Crippen molar-refractivity contribution < 1.29 is 22.1 Å². The molecule has 0 amide bonds. The minimum atomic E-state index is -4.25. The second kappa shape index (κ2) is 8.68. The molecule has 0 bridgehead atoms. The first-order valence-electron chi connectivity index (χ1n) is 10.8. The van der Waals surface area contributed by atoms with E-state index in [1.807, 2.05) is 4.90 Å². The number of alkyl halides is 2. The zero-order chi connectivity index (χ0) is 22.2. The van der Waals surface area contributed by atoms with E-state index in [4.69, 9.17) is 0 Å². The number of nitro benzene ring substituents is 1. The zero-order valence-electron chi connectivity index (χ0n) is 17.3. The fraction of sp³-hybridized carbons (Fsp3) is 0.700. The molecule has 2 atom stereocenters. The van der Waals surface area contributed by atoms with E-state index >= 15 is 0 Å². The number of halogens is 2. The molecular weight excluding hydrogens is 430 g/mol. The molecule has 2 aliphatic carbocycles. The molecule has 11 heteroatoms. The molecule has 8 nitrogen and oxygen atoms in total. The second-order valence-corrected chi connectivity index (χ2v) is 10.4. The third-order valence-corrected chi connectivity index (χ3v) is 8.36. The maximum Gasteiger partial charge on any atom is 0.269 e. The van der Waals surface area contributed by atoms with Crippen molar-refractivity contribution in [3.8, 4) is 0 Å². The lowest BCUT2D eigenvalue weighted by molar-refractivity contribution is -0.384. The van der Waals surface area contributed by atoms with E-state index in [1.54, 1.807) is 0 Å². The lowest BCUT2D eigenvalue weighted by Crippen LogP contribution is -2.65. The highest BCUT2D eigenvalue weighted by Gasteiger charge is 2.51. The molecule has 3 aliphatic rings. The SMILES string of the molecule is O=[N+]([O-])c1ccc(S(=O)(=O)N[C@@H]2[C@@H](N3CCN(C4CCC4)CC3)CCCC2(F)F)cc1. The van der Waals surface area contributed by atoms with Crippen LogP contribution in [0.15, 0.2) is 29.2 Å². The Hall–Kier alpha value is -1.69. The number of sulfonamides is 1. The lowest BCUT2D eigenvalue weighted by atomic mass is 9.86. The summed E-state index contributed by atoms with van der Waals surface area (Å²) < 4.78 is 57.8. The molecule has 3 fully saturated rings. The summed E-state index contributed by atoms with van der Waals surface area (Å²) in [6.45, 7) is 2.92. The van der Waals surface area contributed by atoms with Crippen molar-refractivity contribution in [1.82, 2.24) is 14.5 Å². The molecule has 0 aromatic heterocycles. The first-order chi connectivity index (χ1) is 14.7. The number of nitrogens with zero attached hydrogens (tertiary/aromatic N) is 3. The van der Waals surface area contributed by atoms with Gasteiger partial charge in [0.15, 0.2) is 0 Å². The maximum absolute atomic E-state index is 14.9. The van der Waals surface area contributed by atoms with Crippen molar-refractivity contribution in [1.29, 1.82) is 0 Å². The molecule has 0 unspecified atom stereocenters. The van der Waals surface area contributed by atoms with Gasteiger partial charge >= 0.3 is 0 Å². The fourth-order valence-corrected chi connectivity index (χ4v) is 6.17. The van der Waals surface area contributed by atoms with Crippen LogP contribution in [0.5, 0.6) is 0 Å². The summed E-state index contributed by atoms with van der Waals surface area (Å²) in [4.78, 5) is 14.3. The average molecular weight is 459 g/mol. The third kappa shape index (κ3) is 4.74. The van der Waals surface area contributed by atoms with Crippen LogP contribution >= 0.6 is 0 Å². The van der Waals surface area contributed by atoms with Crippen LogP contribution in [0.25, 0.3) is 0 Å². The Morgan fingerprint density at radius 1 is 1.00 bits per heavy atom. The molecular formula is C20H28F2N4O4S. The van der Waals surface area contributed by atoms with Gasteiger partial charge in [0, 0.05) is 56.8 Å². The van der Waals surface area contributed by atoms with E-state index in [9.17, 15) is 27.3 Å².